The van der Waals surface area contributed by atoms with Crippen molar-refractivity contribution in [2.75, 3.05) is 18.6 Å². The molecule has 0 saturated carbocycles. The molecule has 0 atom stereocenters. The normalized spacial score (nSPS) is 10.2. The van der Waals surface area contributed by atoms with E-state index in [0.717, 1.165) is 5.75 Å². The van der Waals surface area contributed by atoms with Gasteiger partial charge in [0, 0.05) is 13.0 Å². The van der Waals surface area contributed by atoms with E-state index in [1.165, 1.54) is 16.7 Å². The van der Waals surface area contributed by atoms with Gasteiger partial charge in [-0.15, -0.1) is 0 Å². The first-order valence-electron chi connectivity index (χ1n) is 4.38. The lowest BCUT2D eigenvalue weighted by atomic mass is 10.2. The number of carbonyl (C=O) groups excluding carboxylic acids is 2. The third-order valence-electron chi connectivity index (χ3n) is 1.63. The van der Waals surface area contributed by atoms with Gasteiger partial charge in [0.15, 0.2) is 0 Å². The highest BCUT2D eigenvalue weighted by atomic mass is 32.2. The van der Waals surface area contributed by atoms with E-state index in [9.17, 15) is 9.59 Å². The van der Waals surface area contributed by atoms with Gasteiger partial charge in [-0.2, -0.15) is 11.8 Å². The number of thioether (sulfide) groups is 1. The number of hydrogen-bond acceptors (Lipinski definition) is 3. The van der Waals surface area contributed by atoms with Gasteiger partial charge in [0.2, 0.25) is 11.8 Å². The highest BCUT2D eigenvalue weighted by Gasteiger charge is 2.18. The van der Waals surface area contributed by atoms with Crippen LogP contribution in [0.5, 0.6) is 0 Å². The predicted octanol–water partition coefficient (Wildman–Crippen LogP) is 1.38. The number of amides is 2. The monoisotopic (exact) mass is 203 g/mol. The van der Waals surface area contributed by atoms with Crippen molar-refractivity contribution in [3.63, 3.8) is 0 Å². The molecule has 0 aromatic heterocycles. The summed E-state index contributed by atoms with van der Waals surface area (Å²) in [5.41, 5.74) is 0. The molecule has 0 aromatic rings. The second-order valence-corrected chi connectivity index (χ2v) is 4.36. The van der Waals surface area contributed by atoms with Gasteiger partial charge in [0.25, 0.3) is 0 Å². The van der Waals surface area contributed by atoms with Crippen LogP contribution in [0, 0.1) is 5.92 Å². The van der Waals surface area contributed by atoms with Crippen LogP contribution in [0.3, 0.4) is 0 Å². The summed E-state index contributed by atoms with van der Waals surface area (Å²) in [4.78, 5) is 23.9. The van der Waals surface area contributed by atoms with Gasteiger partial charge in [-0.25, -0.2) is 0 Å². The van der Waals surface area contributed by atoms with Crippen molar-refractivity contribution in [1.82, 2.24) is 4.90 Å². The molecular weight excluding hydrogens is 186 g/mol. The summed E-state index contributed by atoms with van der Waals surface area (Å²) in [6, 6.07) is 0. The number of carbonyl (C=O) groups is 2. The average molecular weight is 203 g/mol. The maximum absolute atomic E-state index is 11.3. The highest BCUT2D eigenvalue weighted by molar-refractivity contribution is 7.99. The fourth-order valence-electron chi connectivity index (χ4n) is 0.796. The molecule has 0 aliphatic heterocycles. The Morgan fingerprint density at radius 2 is 1.92 bits per heavy atom. The topological polar surface area (TPSA) is 37.4 Å². The van der Waals surface area contributed by atoms with E-state index < -0.39 is 0 Å². The molecule has 3 nitrogen and oxygen atoms in total. The summed E-state index contributed by atoms with van der Waals surface area (Å²) in [5, 5.41) is 0. The van der Waals surface area contributed by atoms with Crippen LogP contribution in [-0.2, 0) is 9.59 Å². The van der Waals surface area contributed by atoms with Crippen molar-refractivity contribution in [3.05, 3.63) is 0 Å². The molecule has 0 rings (SSSR count). The SMILES string of the molecule is CCSCC(=O)N(C)C(=O)C(C)C. The fourth-order valence-corrected chi connectivity index (χ4v) is 1.37. The zero-order valence-corrected chi connectivity index (χ0v) is 9.48. The summed E-state index contributed by atoms with van der Waals surface area (Å²) in [6.45, 7) is 5.57. The quantitative estimate of drug-likeness (QED) is 0.692. The second-order valence-electron chi connectivity index (χ2n) is 3.08. The molecule has 0 spiro atoms. The van der Waals surface area contributed by atoms with Crippen molar-refractivity contribution >= 4 is 23.6 Å². The molecule has 0 fully saturated rings. The molecule has 13 heavy (non-hydrogen) atoms. The third kappa shape index (κ3) is 4.31. The first kappa shape index (κ1) is 12.5. The van der Waals surface area contributed by atoms with E-state index in [1.807, 2.05) is 6.92 Å². The Bertz CT molecular complexity index is 192. The maximum Gasteiger partial charge on any atom is 0.238 e. The largest absolute Gasteiger partial charge is 0.285 e. The number of rotatable bonds is 4. The third-order valence-corrected chi connectivity index (χ3v) is 2.49. The van der Waals surface area contributed by atoms with E-state index in [-0.39, 0.29) is 17.7 Å². The predicted molar refractivity (Wildman–Crippen MR) is 55.6 cm³/mol. The van der Waals surface area contributed by atoms with Crippen LogP contribution in [0.2, 0.25) is 0 Å². The van der Waals surface area contributed by atoms with Crippen LogP contribution >= 0.6 is 11.8 Å². The Morgan fingerprint density at radius 1 is 1.38 bits per heavy atom. The molecule has 0 N–H and O–H groups in total. The Kier molecular flexibility index (Phi) is 5.79. The molecule has 0 aliphatic carbocycles. The van der Waals surface area contributed by atoms with Crippen LogP contribution in [0.1, 0.15) is 20.8 Å². The summed E-state index contributed by atoms with van der Waals surface area (Å²) in [5.74, 6) is 0.966. The number of imide groups is 1. The lowest BCUT2D eigenvalue weighted by Crippen LogP contribution is -2.37. The van der Waals surface area contributed by atoms with Gasteiger partial charge < -0.3 is 0 Å². The van der Waals surface area contributed by atoms with E-state index in [0.29, 0.717) is 5.75 Å². The molecule has 2 amide bonds. The lowest BCUT2D eigenvalue weighted by molar-refractivity contribution is -0.143. The first-order chi connectivity index (χ1) is 6.00. The molecule has 0 unspecified atom stereocenters. The van der Waals surface area contributed by atoms with Crippen molar-refractivity contribution in [2.45, 2.75) is 20.8 Å². The van der Waals surface area contributed by atoms with Gasteiger partial charge >= 0.3 is 0 Å². The molecule has 0 bridgehead atoms. The standard InChI is InChI=1S/C9H17NO2S/c1-5-13-6-8(11)10(4)9(12)7(2)3/h7H,5-6H2,1-4H3. The van der Waals surface area contributed by atoms with Crippen molar-refractivity contribution < 1.29 is 9.59 Å². The smallest absolute Gasteiger partial charge is 0.238 e. The Hall–Kier alpha value is -0.510. The maximum atomic E-state index is 11.3. The minimum absolute atomic E-state index is 0.106. The fraction of sp³-hybridized carbons (Fsp3) is 0.778. The van der Waals surface area contributed by atoms with Crippen LogP contribution in [-0.4, -0.2) is 35.3 Å². The van der Waals surface area contributed by atoms with Gasteiger partial charge in [0.1, 0.15) is 0 Å². The molecule has 0 radical (unpaired) electrons. The Balaban J connectivity index is 4.02. The van der Waals surface area contributed by atoms with Gasteiger partial charge in [-0.1, -0.05) is 20.8 Å². The van der Waals surface area contributed by atoms with Crippen molar-refractivity contribution in [1.29, 1.82) is 0 Å². The van der Waals surface area contributed by atoms with Crippen molar-refractivity contribution in [2.24, 2.45) is 5.92 Å². The zero-order valence-electron chi connectivity index (χ0n) is 8.66. The molecule has 4 heteroatoms. The first-order valence-corrected chi connectivity index (χ1v) is 5.54. The summed E-state index contributed by atoms with van der Waals surface area (Å²) in [7, 11) is 1.54. The average Bonchev–Trinajstić information content (AvgIpc) is 2.11. The minimum Gasteiger partial charge on any atom is -0.285 e. The number of nitrogens with zero attached hydrogens (tertiary/aromatic N) is 1. The van der Waals surface area contributed by atoms with Gasteiger partial charge in [-0.3, -0.25) is 14.5 Å². The summed E-state index contributed by atoms with van der Waals surface area (Å²) < 4.78 is 0. The molecule has 0 aromatic carbocycles. The van der Waals surface area contributed by atoms with Crippen LogP contribution in [0.15, 0.2) is 0 Å². The second kappa shape index (κ2) is 6.02. The molecule has 0 heterocycles. The number of hydrogen-bond donors (Lipinski definition) is 0. The van der Waals surface area contributed by atoms with E-state index in [2.05, 4.69) is 0 Å². The highest BCUT2D eigenvalue weighted by Crippen LogP contribution is 2.04. The molecule has 0 saturated heterocycles. The lowest BCUT2D eigenvalue weighted by Gasteiger charge is -2.16. The Morgan fingerprint density at radius 3 is 2.31 bits per heavy atom. The minimum atomic E-state index is -0.111. The molecule has 76 valence electrons. The van der Waals surface area contributed by atoms with Crippen LogP contribution < -0.4 is 0 Å². The van der Waals surface area contributed by atoms with Crippen molar-refractivity contribution in [3.8, 4) is 0 Å². The Labute approximate surface area is 83.9 Å². The van der Waals surface area contributed by atoms with E-state index >= 15 is 0 Å². The van der Waals surface area contributed by atoms with Crippen LogP contribution in [0.4, 0.5) is 0 Å². The van der Waals surface area contributed by atoms with Crippen LogP contribution in [0.25, 0.3) is 0 Å². The molecule has 0 aliphatic rings. The van der Waals surface area contributed by atoms with Gasteiger partial charge in [-0.05, 0) is 5.75 Å². The summed E-state index contributed by atoms with van der Waals surface area (Å²) >= 11 is 1.53. The molecular formula is C9H17NO2S. The van der Waals surface area contributed by atoms with E-state index in [4.69, 9.17) is 0 Å². The zero-order chi connectivity index (χ0) is 10.4. The summed E-state index contributed by atoms with van der Waals surface area (Å²) in [6.07, 6.45) is 0. The van der Waals surface area contributed by atoms with E-state index in [1.54, 1.807) is 20.9 Å². The van der Waals surface area contributed by atoms with Gasteiger partial charge in [0.05, 0.1) is 5.75 Å².